The van der Waals surface area contributed by atoms with Gasteiger partial charge in [0.15, 0.2) is 0 Å². The van der Waals surface area contributed by atoms with Gasteiger partial charge in [0.1, 0.15) is 5.75 Å². The quantitative estimate of drug-likeness (QED) is 0.761. The van der Waals surface area contributed by atoms with Crippen molar-refractivity contribution in [2.45, 2.75) is 6.36 Å². The maximum absolute atomic E-state index is 12.0. The van der Waals surface area contributed by atoms with E-state index in [1.165, 1.54) is 12.1 Å². The molecule has 2 rings (SSSR count). The molecule has 0 saturated heterocycles. The van der Waals surface area contributed by atoms with Gasteiger partial charge >= 0.3 is 6.36 Å². The van der Waals surface area contributed by atoms with Gasteiger partial charge in [-0.15, -0.1) is 13.2 Å². The average molecular weight is 239 g/mol. The smallest absolute Gasteiger partial charge is 0.406 e. The molecule has 4 heteroatoms. The Morgan fingerprint density at radius 2 is 1.41 bits per heavy atom. The molecule has 0 aliphatic heterocycles. The number of alkyl halides is 3. The molecule has 0 aromatic heterocycles. The predicted octanol–water partition coefficient (Wildman–Crippen LogP) is 4.25. The number of ether oxygens (including phenoxy) is 1. The standard InChI is InChI=1S/C13H9F3O/c14-13(15,16)17-12-8-6-11(7-9-12)10-4-2-1-3-5-10/h1-9H/i1D. The molecule has 0 atom stereocenters. The highest BCUT2D eigenvalue weighted by atomic mass is 19.4. The van der Waals surface area contributed by atoms with Crippen molar-refractivity contribution in [3.8, 4) is 16.9 Å². The Bertz CT molecular complexity index is 517. The summed E-state index contributed by atoms with van der Waals surface area (Å²) in [6.07, 6.45) is -4.67. The van der Waals surface area contributed by atoms with E-state index in [1.54, 1.807) is 36.4 Å². The summed E-state index contributed by atoms with van der Waals surface area (Å²) in [6, 6.07) is 12.7. The fraction of sp³-hybridized carbons (Fsp3) is 0.0769. The second-order valence-electron chi connectivity index (χ2n) is 3.36. The summed E-state index contributed by atoms with van der Waals surface area (Å²) in [5.74, 6) is -0.247. The third-order valence-corrected chi connectivity index (χ3v) is 2.14. The highest BCUT2D eigenvalue weighted by Gasteiger charge is 2.30. The van der Waals surface area contributed by atoms with Crippen molar-refractivity contribution in [1.82, 2.24) is 0 Å². The minimum atomic E-state index is -4.67. The molecule has 0 spiro atoms. The molecule has 0 aliphatic carbocycles. The van der Waals surface area contributed by atoms with Crippen molar-refractivity contribution < 1.29 is 19.3 Å². The molecule has 88 valence electrons. The first-order valence-electron chi connectivity index (χ1n) is 5.37. The van der Waals surface area contributed by atoms with Gasteiger partial charge in [-0.1, -0.05) is 42.4 Å². The van der Waals surface area contributed by atoms with Crippen molar-refractivity contribution in [2.24, 2.45) is 0 Å². The monoisotopic (exact) mass is 239 g/mol. The molecule has 0 heterocycles. The van der Waals surface area contributed by atoms with Crippen molar-refractivity contribution in [3.05, 3.63) is 54.6 Å². The summed E-state index contributed by atoms with van der Waals surface area (Å²) in [7, 11) is 0. The van der Waals surface area contributed by atoms with E-state index in [0.29, 0.717) is 6.04 Å². The Labute approximate surface area is 97.9 Å². The first kappa shape index (κ1) is 10.2. The third kappa shape index (κ3) is 3.24. The lowest BCUT2D eigenvalue weighted by molar-refractivity contribution is -0.274. The minimum absolute atomic E-state index is 0.247. The van der Waals surface area contributed by atoms with Crippen LogP contribution in [0, 0.1) is 0 Å². The Morgan fingerprint density at radius 1 is 0.882 bits per heavy atom. The van der Waals surface area contributed by atoms with Gasteiger partial charge in [-0.3, -0.25) is 0 Å². The van der Waals surface area contributed by atoms with Gasteiger partial charge in [-0.25, -0.2) is 0 Å². The molecule has 0 N–H and O–H groups in total. The van der Waals surface area contributed by atoms with Gasteiger partial charge in [-0.2, -0.15) is 0 Å². The van der Waals surface area contributed by atoms with Gasteiger partial charge in [0.2, 0.25) is 0 Å². The Balaban J connectivity index is 2.20. The lowest BCUT2D eigenvalue weighted by Crippen LogP contribution is -2.16. The van der Waals surface area contributed by atoms with Gasteiger partial charge in [0.05, 0.1) is 1.37 Å². The number of halogens is 3. The highest BCUT2D eigenvalue weighted by Crippen LogP contribution is 2.26. The summed E-state index contributed by atoms with van der Waals surface area (Å²) < 4.78 is 47.0. The second kappa shape index (κ2) is 4.49. The van der Waals surface area contributed by atoms with E-state index < -0.39 is 6.36 Å². The van der Waals surface area contributed by atoms with Crippen LogP contribution in [-0.4, -0.2) is 6.36 Å². The number of hydrogen-bond acceptors (Lipinski definition) is 1. The van der Waals surface area contributed by atoms with Gasteiger partial charge in [0, 0.05) is 0 Å². The van der Waals surface area contributed by atoms with E-state index >= 15 is 0 Å². The molecule has 17 heavy (non-hydrogen) atoms. The molecule has 0 unspecified atom stereocenters. The zero-order valence-electron chi connectivity index (χ0n) is 9.66. The van der Waals surface area contributed by atoms with E-state index in [-0.39, 0.29) is 5.75 Å². The summed E-state index contributed by atoms with van der Waals surface area (Å²) >= 11 is 0. The minimum Gasteiger partial charge on any atom is -0.406 e. The Kier molecular flexibility index (Phi) is 2.69. The summed E-state index contributed by atoms with van der Waals surface area (Å²) in [4.78, 5) is 0. The lowest BCUT2D eigenvalue weighted by atomic mass is 10.1. The van der Waals surface area contributed by atoms with Crippen molar-refractivity contribution in [3.63, 3.8) is 0 Å². The van der Waals surface area contributed by atoms with Crippen LogP contribution in [0.15, 0.2) is 54.6 Å². The topological polar surface area (TPSA) is 9.23 Å². The first-order valence-corrected chi connectivity index (χ1v) is 4.87. The van der Waals surface area contributed by atoms with E-state index in [0.717, 1.165) is 11.1 Å². The lowest BCUT2D eigenvalue weighted by Gasteiger charge is -2.09. The molecular weight excluding hydrogens is 229 g/mol. The number of benzene rings is 2. The Hall–Kier alpha value is -1.97. The fourth-order valence-electron chi connectivity index (χ4n) is 1.43. The summed E-state index contributed by atoms with van der Waals surface area (Å²) in [5, 5.41) is 0. The van der Waals surface area contributed by atoms with Crippen molar-refractivity contribution >= 4 is 0 Å². The molecule has 0 fully saturated rings. The normalized spacial score (nSPS) is 12.1. The molecule has 0 bridgehead atoms. The molecule has 0 aliphatic rings. The largest absolute Gasteiger partial charge is 0.573 e. The van der Waals surface area contributed by atoms with E-state index in [1.807, 2.05) is 0 Å². The maximum atomic E-state index is 12.0. The van der Waals surface area contributed by atoms with Crippen LogP contribution in [0.4, 0.5) is 13.2 Å². The molecule has 0 amide bonds. The van der Waals surface area contributed by atoms with Crippen molar-refractivity contribution in [2.75, 3.05) is 0 Å². The fourth-order valence-corrected chi connectivity index (χ4v) is 1.43. The number of hydrogen-bond donors (Lipinski definition) is 0. The second-order valence-corrected chi connectivity index (χ2v) is 3.36. The van der Waals surface area contributed by atoms with Crippen LogP contribution in [-0.2, 0) is 0 Å². The summed E-state index contributed by atoms with van der Waals surface area (Å²) in [6.45, 7) is 0. The molecule has 2 aromatic carbocycles. The zero-order valence-corrected chi connectivity index (χ0v) is 8.66. The van der Waals surface area contributed by atoms with E-state index in [9.17, 15) is 13.2 Å². The van der Waals surface area contributed by atoms with Gasteiger partial charge in [-0.05, 0) is 23.3 Å². The van der Waals surface area contributed by atoms with Crippen LogP contribution in [0.3, 0.4) is 0 Å². The Morgan fingerprint density at radius 3 is 1.94 bits per heavy atom. The molecule has 2 aromatic rings. The SMILES string of the molecule is [2H]c1ccc(-c2ccc(OC(F)(F)F)cc2)cc1. The number of rotatable bonds is 2. The molecule has 1 nitrogen and oxygen atoms in total. The maximum Gasteiger partial charge on any atom is 0.573 e. The van der Waals surface area contributed by atoms with Crippen molar-refractivity contribution in [1.29, 1.82) is 0 Å². The molecule has 0 saturated carbocycles. The third-order valence-electron chi connectivity index (χ3n) is 2.14. The van der Waals surface area contributed by atoms with Gasteiger partial charge < -0.3 is 4.74 Å². The van der Waals surface area contributed by atoms with Crippen LogP contribution in [0.1, 0.15) is 1.37 Å². The van der Waals surface area contributed by atoms with E-state index in [2.05, 4.69) is 4.74 Å². The summed E-state index contributed by atoms with van der Waals surface area (Å²) in [5.41, 5.74) is 1.61. The zero-order chi connectivity index (χ0) is 13.2. The predicted molar refractivity (Wildman–Crippen MR) is 58.6 cm³/mol. The highest BCUT2D eigenvalue weighted by molar-refractivity contribution is 5.63. The van der Waals surface area contributed by atoms with E-state index in [4.69, 9.17) is 1.37 Å². The van der Waals surface area contributed by atoms with Crippen LogP contribution in [0.25, 0.3) is 11.1 Å². The van der Waals surface area contributed by atoms with Crippen LogP contribution in [0.2, 0.25) is 0 Å². The average Bonchev–Trinajstić information content (AvgIpc) is 2.29. The first-order chi connectivity index (χ1) is 8.44. The molecule has 0 radical (unpaired) electrons. The molecular formula is C13H9F3O. The van der Waals surface area contributed by atoms with Crippen LogP contribution >= 0.6 is 0 Å². The van der Waals surface area contributed by atoms with Crippen LogP contribution < -0.4 is 4.74 Å². The van der Waals surface area contributed by atoms with Crippen LogP contribution in [0.5, 0.6) is 5.75 Å². The van der Waals surface area contributed by atoms with Gasteiger partial charge in [0.25, 0.3) is 0 Å².